The summed E-state index contributed by atoms with van der Waals surface area (Å²) in [5.41, 5.74) is 5.10. The van der Waals surface area contributed by atoms with Crippen LogP contribution < -0.4 is 11.1 Å². The molecular formula is C10H16N2OS. The Morgan fingerprint density at radius 2 is 1.93 bits per heavy atom. The molecule has 0 aliphatic heterocycles. The van der Waals surface area contributed by atoms with Gasteiger partial charge in [-0.15, -0.1) is 0 Å². The predicted molar refractivity (Wildman–Crippen MR) is 58.9 cm³/mol. The number of hydrogen-bond acceptors (Lipinski definition) is 2. The Balaban J connectivity index is 1.99. The van der Waals surface area contributed by atoms with E-state index in [2.05, 4.69) is 12.2 Å². The molecule has 3 nitrogen and oxygen atoms in total. The van der Waals surface area contributed by atoms with E-state index in [1.807, 2.05) is 0 Å². The molecule has 0 aromatic rings. The maximum atomic E-state index is 11.9. The van der Waals surface area contributed by atoms with E-state index < -0.39 is 5.41 Å². The highest BCUT2D eigenvalue weighted by Gasteiger charge is 2.54. The van der Waals surface area contributed by atoms with Gasteiger partial charge in [0.2, 0.25) is 5.91 Å². The molecule has 14 heavy (non-hydrogen) atoms. The van der Waals surface area contributed by atoms with Gasteiger partial charge in [-0.2, -0.15) is 0 Å². The molecule has 0 heterocycles. The lowest BCUT2D eigenvalue weighted by Crippen LogP contribution is -2.54. The van der Waals surface area contributed by atoms with Crippen LogP contribution in [0.5, 0.6) is 0 Å². The number of hydrogen-bond donors (Lipinski definition) is 2. The zero-order chi connectivity index (χ0) is 10.4. The third-order valence-corrected chi connectivity index (χ3v) is 3.92. The lowest BCUT2D eigenvalue weighted by molar-refractivity contribution is -0.126. The van der Waals surface area contributed by atoms with Gasteiger partial charge in [0.05, 0.1) is 10.4 Å². The number of amides is 1. The van der Waals surface area contributed by atoms with E-state index in [0.29, 0.717) is 4.99 Å². The van der Waals surface area contributed by atoms with Gasteiger partial charge < -0.3 is 11.1 Å². The van der Waals surface area contributed by atoms with E-state index in [1.54, 1.807) is 0 Å². The van der Waals surface area contributed by atoms with E-state index in [-0.39, 0.29) is 11.4 Å². The molecule has 0 aromatic heterocycles. The minimum atomic E-state index is -0.492. The van der Waals surface area contributed by atoms with Crippen LogP contribution in [-0.4, -0.2) is 16.4 Å². The molecule has 0 bridgehead atoms. The standard InChI is InChI=1S/C10H16N2OS/c1-9(3-2-4-9)12-8(13)10(5-6-10)7(11)14/h2-6H2,1H3,(H2,11,14)(H,12,13). The molecule has 2 rings (SSSR count). The normalized spacial score (nSPS) is 26.1. The van der Waals surface area contributed by atoms with Gasteiger partial charge in [0.1, 0.15) is 0 Å². The average Bonchev–Trinajstić information content (AvgIpc) is 2.80. The zero-order valence-corrected chi connectivity index (χ0v) is 9.25. The second kappa shape index (κ2) is 2.92. The fourth-order valence-corrected chi connectivity index (χ4v) is 2.23. The Hall–Kier alpha value is -0.640. The summed E-state index contributed by atoms with van der Waals surface area (Å²) in [6.07, 6.45) is 5.00. The minimum absolute atomic E-state index is 0.0114. The van der Waals surface area contributed by atoms with E-state index in [0.717, 1.165) is 25.7 Å². The maximum absolute atomic E-state index is 11.9. The van der Waals surface area contributed by atoms with Crippen LogP contribution in [0.4, 0.5) is 0 Å². The molecule has 4 heteroatoms. The van der Waals surface area contributed by atoms with Gasteiger partial charge in [-0.1, -0.05) is 12.2 Å². The van der Waals surface area contributed by atoms with Crippen LogP contribution in [-0.2, 0) is 4.79 Å². The SMILES string of the molecule is CC1(NC(=O)C2(C(N)=S)CC2)CCC1. The molecule has 78 valence electrons. The summed E-state index contributed by atoms with van der Waals surface area (Å²) >= 11 is 4.93. The van der Waals surface area contributed by atoms with Gasteiger partial charge in [-0.05, 0) is 39.0 Å². The van der Waals surface area contributed by atoms with Crippen LogP contribution in [0.1, 0.15) is 39.0 Å². The summed E-state index contributed by atoms with van der Waals surface area (Å²) in [4.78, 5) is 12.3. The van der Waals surface area contributed by atoms with Gasteiger partial charge in [0.15, 0.2) is 0 Å². The first kappa shape index (κ1) is 9.90. The van der Waals surface area contributed by atoms with Crippen LogP contribution in [0.2, 0.25) is 0 Å². The Morgan fingerprint density at radius 1 is 1.36 bits per heavy atom. The predicted octanol–water partition coefficient (Wildman–Crippen LogP) is 1.11. The Morgan fingerprint density at radius 3 is 2.21 bits per heavy atom. The first-order valence-electron chi connectivity index (χ1n) is 5.11. The van der Waals surface area contributed by atoms with E-state index in [1.165, 1.54) is 6.42 Å². The van der Waals surface area contributed by atoms with Crippen molar-refractivity contribution in [1.29, 1.82) is 0 Å². The summed E-state index contributed by atoms with van der Waals surface area (Å²) in [7, 11) is 0. The number of carbonyl (C=O) groups is 1. The zero-order valence-electron chi connectivity index (χ0n) is 8.43. The molecule has 0 radical (unpaired) electrons. The number of rotatable bonds is 3. The second-order valence-electron chi connectivity index (χ2n) is 4.81. The molecule has 0 atom stereocenters. The van der Waals surface area contributed by atoms with Crippen molar-refractivity contribution in [3.63, 3.8) is 0 Å². The fraction of sp³-hybridized carbons (Fsp3) is 0.800. The highest BCUT2D eigenvalue weighted by Crippen LogP contribution is 2.47. The monoisotopic (exact) mass is 212 g/mol. The molecule has 0 aromatic carbocycles. The highest BCUT2D eigenvalue weighted by molar-refractivity contribution is 7.80. The summed E-state index contributed by atoms with van der Waals surface area (Å²) in [6, 6.07) is 0. The highest BCUT2D eigenvalue weighted by atomic mass is 32.1. The van der Waals surface area contributed by atoms with E-state index in [9.17, 15) is 4.79 Å². The van der Waals surface area contributed by atoms with Crippen LogP contribution in [0, 0.1) is 5.41 Å². The Bertz CT molecular complexity index is 292. The molecule has 2 saturated carbocycles. The molecule has 3 N–H and O–H groups in total. The smallest absolute Gasteiger partial charge is 0.233 e. The van der Waals surface area contributed by atoms with Crippen LogP contribution in [0.3, 0.4) is 0 Å². The number of thiocarbonyl (C=S) groups is 1. The third-order valence-electron chi connectivity index (χ3n) is 3.53. The molecule has 2 aliphatic carbocycles. The topological polar surface area (TPSA) is 55.1 Å². The number of nitrogens with one attached hydrogen (secondary N) is 1. The van der Waals surface area contributed by atoms with Gasteiger partial charge in [-0.25, -0.2) is 0 Å². The maximum Gasteiger partial charge on any atom is 0.233 e. The first-order chi connectivity index (χ1) is 6.49. The van der Waals surface area contributed by atoms with Crippen molar-refractivity contribution < 1.29 is 4.79 Å². The summed E-state index contributed by atoms with van der Waals surface area (Å²) in [5, 5.41) is 3.07. The fourth-order valence-electron chi connectivity index (χ4n) is 1.94. The van der Waals surface area contributed by atoms with Crippen molar-refractivity contribution >= 4 is 23.1 Å². The van der Waals surface area contributed by atoms with Gasteiger partial charge in [-0.3, -0.25) is 4.79 Å². The molecule has 0 spiro atoms. The summed E-state index contributed by atoms with van der Waals surface area (Å²) in [5.74, 6) is 0.0483. The largest absolute Gasteiger partial charge is 0.392 e. The molecule has 2 aliphatic rings. The van der Waals surface area contributed by atoms with Gasteiger partial charge in [0, 0.05) is 5.54 Å². The summed E-state index contributed by atoms with van der Waals surface area (Å²) in [6.45, 7) is 2.09. The molecule has 2 fully saturated rings. The van der Waals surface area contributed by atoms with Crippen LogP contribution in [0.25, 0.3) is 0 Å². The van der Waals surface area contributed by atoms with Crippen molar-refractivity contribution in [1.82, 2.24) is 5.32 Å². The van der Waals surface area contributed by atoms with E-state index in [4.69, 9.17) is 18.0 Å². The van der Waals surface area contributed by atoms with E-state index >= 15 is 0 Å². The average molecular weight is 212 g/mol. The summed E-state index contributed by atoms with van der Waals surface area (Å²) < 4.78 is 0. The van der Waals surface area contributed by atoms with Gasteiger partial charge in [0.25, 0.3) is 0 Å². The number of carbonyl (C=O) groups excluding carboxylic acids is 1. The lowest BCUT2D eigenvalue weighted by atomic mass is 9.78. The van der Waals surface area contributed by atoms with Crippen LogP contribution in [0.15, 0.2) is 0 Å². The van der Waals surface area contributed by atoms with Crippen LogP contribution >= 0.6 is 12.2 Å². The minimum Gasteiger partial charge on any atom is -0.392 e. The Labute approximate surface area is 89.4 Å². The third kappa shape index (κ3) is 1.41. The molecule has 0 saturated heterocycles. The van der Waals surface area contributed by atoms with Crippen molar-refractivity contribution in [3.05, 3.63) is 0 Å². The molecule has 0 unspecified atom stereocenters. The van der Waals surface area contributed by atoms with Crippen molar-refractivity contribution in [3.8, 4) is 0 Å². The number of nitrogens with two attached hydrogens (primary N) is 1. The molecular weight excluding hydrogens is 196 g/mol. The second-order valence-corrected chi connectivity index (χ2v) is 5.25. The first-order valence-corrected chi connectivity index (χ1v) is 5.52. The van der Waals surface area contributed by atoms with Crippen molar-refractivity contribution in [2.75, 3.05) is 0 Å². The Kier molecular flexibility index (Phi) is 2.07. The van der Waals surface area contributed by atoms with Crippen molar-refractivity contribution in [2.45, 2.75) is 44.6 Å². The van der Waals surface area contributed by atoms with Crippen molar-refractivity contribution in [2.24, 2.45) is 11.1 Å². The van der Waals surface area contributed by atoms with Gasteiger partial charge >= 0.3 is 0 Å². The quantitative estimate of drug-likeness (QED) is 0.689. The molecule has 1 amide bonds. The lowest BCUT2D eigenvalue weighted by Gasteiger charge is -2.40.